The average Bonchev–Trinajstić information content (AvgIpc) is 2.76. The number of sulfonamides is 1. The Morgan fingerprint density at radius 3 is 2.38 bits per heavy atom. The molecule has 9 heteroatoms. The Balaban J connectivity index is 1.80. The number of nitrogens with zero attached hydrogens (tertiary/aromatic N) is 2. The van der Waals surface area contributed by atoms with Crippen molar-refractivity contribution in [2.45, 2.75) is 18.4 Å². The van der Waals surface area contributed by atoms with Gasteiger partial charge in [-0.2, -0.15) is 9.41 Å². The van der Waals surface area contributed by atoms with Crippen LogP contribution in [-0.4, -0.2) is 31.4 Å². The number of benzene rings is 3. The van der Waals surface area contributed by atoms with Gasteiger partial charge in [-0.15, -0.1) is 0 Å². The molecule has 3 aromatic rings. The van der Waals surface area contributed by atoms with Gasteiger partial charge in [0.25, 0.3) is 5.91 Å². The second-order valence-corrected chi connectivity index (χ2v) is 10.3. The molecule has 6 nitrogen and oxygen atoms in total. The lowest BCUT2D eigenvalue weighted by atomic mass is 10.2. The van der Waals surface area contributed by atoms with E-state index in [0.717, 1.165) is 19.9 Å². The number of halogens is 2. The number of carbonyl (C=O) groups is 1. The van der Waals surface area contributed by atoms with Crippen LogP contribution < -0.4 is 5.43 Å². The molecule has 3 rings (SSSR count). The Labute approximate surface area is 201 Å². The molecular weight excluding hydrogens is 514 g/mol. The molecule has 0 spiro atoms. The lowest BCUT2D eigenvalue weighted by Gasteiger charge is -2.22. The predicted octanol–water partition coefficient (Wildman–Crippen LogP) is 4.75. The van der Waals surface area contributed by atoms with E-state index < -0.39 is 22.5 Å². The van der Waals surface area contributed by atoms with Gasteiger partial charge in [0.15, 0.2) is 0 Å². The van der Waals surface area contributed by atoms with Gasteiger partial charge in [0.2, 0.25) is 10.0 Å². The maximum Gasteiger partial charge on any atom is 0.255 e. The molecule has 0 radical (unpaired) electrons. The fourth-order valence-corrected chi connectivity index (χ4v) is 4.66. The van der Waals surface area contributed by atoms with E-state index in [-0.39, 0.29) is 11.4 Å². The zero-order valence-electron chi connectivity index (χ0n) is 17.2. The standard InChI is InChI=1S/C23H21BrClN3O3S/c1-17-6-12-21(13-7-17)32(30,31)28(15-19-4-2-3-5-22(19)25)16-23(29)27-26-14-18-8-10-20(24)11-9-18/h2-14H,15-16H2,1H3,(H,27,29)/b26-14-. The van der Waals surface area contributed by atoms with Crippen molar-refractivity contribution in [2.24, 2.45) is 5.10 Å². The van der Waals surface area contributed by atoms with E-state index in [4.69, 9.17) is 11.6 Å². The number of rotatable bonds is 8. The number of hydrogen-bond acceptors (Lipinski definition) is 4. The molecule has 0 unspecified atom stereocenters. The number of hydrogen-bond donors (Lipinski definition) is 1. The van der Waals surface area contributed by atoms with Crippen LogP contribution >= 0.6 is 27.5 Å². The molecule has 0 aliphatic heterocycles. The lowest BCUT2D eigenvalue weighted by Crippen LogP contribution is -2.39. The van der Waals surface area contributed by atoms with Gasteiger partial charge in [0, 0.05) is 16.0 Å². The van der Waals surface area contributed by atoms with Crippen LogP contribution in [0.3, 0.4) is 0 Å². The highest BCUT2D eigenvalue weighted by atomic mass is 79.9. The van der Waals surface area contributed by atoms with Gasteiger partial charge in [-0.05, 0) is 48.4 Å². The van der Waals surface area contributed by atoms with Gasteiger partial charge >= 0.3 is 0 Å². The van der Waals surface area contributed by atoms with Crippen molar-refractivity contribution in [3.63, 3.8) is 0 Å². The highest BCUT2D eigenvalue weighted by Gasteiger charge is 2.27. The van der Waals surface area contributed by atoms with E-state index in [1.807, 2.05) is 31.2 Å². The molecule has 3 aromatic carbocycles. The van der Waals surface area contributed by atoms with Crippen molar-refractivity contribution in [3.8, 4) is 0 Å². The highest BCUT2D eigenvalue weighted by Crippen LogP contribution is 2.22. The summed E-state index contributed by atoms with van der Waals surface area (Å²) in [7, 11) is -3.95. The zero-order valence-corrected chi connectivity index (χ0v) is 20.4. The lowest BCUT2D eigenvalue weighted by molar-refractivity contribution is -0.121. The van der Waals surface area contributed by atoms with Gasteiger partial charge in [0.1, 0.15) is 0 Å². The number of aryl methyl sites for hydroxylation is 1. The van der Waals surface area contributed by atoms with Crippen molar-refractivity contribution >= 4 is 49.7 Å². The first-order chi connectivity index (χ1) is 15.3. The van der Waals surface area contributed by atoms with Crippen LogP contribution in [-0.2, 0) is 21.4 Å². The molecule has 166 valence electrons. The first-order valence-corrected chi connectivity index (χ1v) is 12.2. The molecule has 0 fully saturated rings. The molecule has 32 heavy (non-hydrogen) atoms. The van der Waals surface area contributed by atoms with E-state index >= 15 is 0 Å². The van der Waals surface area contributed by atoms with Crippen molar-refractivity contribution < 1.29 is 13.2 Å². The average molecular weight is 535 g/mol. The SMILES string of the molecule is Cc1ccc(S(=O)(=O)N(CC(=O)N/N=C\c2ccc(Br)cc2)Cc2ccccc2Cl)cc1. The Morgan fingerprint density at radius 2 is 1.72 bits per heavy atom. The Bertz CT molecular complexity index is 1210. The first-order valence-electron chi connectivity index (χ1n) is 9.63. The Hall–Kier alpha value is -2.52. The molecule has 0 saturated carbocycles. The van der Waals surface area contributed by atoms with Crippen LogP contribution in [0.15, 0.2) is 87.3 Å². The van der Waals surface area contributed by atoms with Crippen LogP contribution in [0.2, 0.25) is 5.02 Å². The summed E-state index contributed by atoms with van der Waals surface area (Å²) in [4.78, 5) is 12.6. The van der Waals surface area contributed by atoms with Crippen LogP contribution in [0.25, 0.3) is 0 Å². The van der Waals surface area contributed by atoms with Gasteiger partial charge in [-0.25, -0.2) is 13.8 Å². The van der Waals surface area contributed by atoms with Gasteiger partial charge in [-0.1, -0.05) is 75.6 Å². The maximum atomic E-state index is 13.3. The maximum absolute atomic E-state index is 13.3. The van der Waals surface area contributed by atoms with E-state index in [0.29, 0.717) is 10.6 Å². The second kappa shape index (κ2) is 10.9. The van der Waals surface area contributed by atoms with Crippen LogP contribution in [0.4, 0.5) is 0 Å². The Morgan fingerprint density at radius 1 is 1.06 bits per heavy atom. The monoisotopic (exact) mass is 533 g/mol. The van der Waals surface area contributed by atoms with Crippen molar-refractivity contribution in [1.29, 1.82) is 0 Å². The molecule has 0 saturated heterocycles. The second-order valence-electron chi connectivity index (χ2n) is 7.02. The van der Waals surface area contributed by atoms with Crippen LogP contribution in [0, 0.1) is 6.92 Å². The molecule has 0 heterocycles. The largest absolute Gasteiger partial charge is 0.272 e. The summed E-state index contributed by atoms with van der Waals surface area (Å²) < 4.78 is 28.6. The third-order valence-electron chi connectivity index (χ3n) is 4.56. The van der Waals surface area contributed by atoms with Crippen LogP contribution in [0.5, 0.6) is 0 Å². The third-order valence-corrected chi connectivity index (χ3v) is 7.26. The summed E-state index contributed by atoms with van der Waals surface area (Å²) in [5.41, 5.74) is 4.70. The van der Waals surface area contributed by atoms with Crippen LogP contribution in [0.1, 0.15) is 16.7 Å². The molecule has 1 amide bonds. The van der Waals surface area contributed by atoms with Crippen molar-refractivity contribution in [1.82, 2.24) is 9.73 Å². The summed E-state index contributed by atoms with van der Waals surface area (Å²) in [6.07, 6.45) is 1.48. The van der Waals surface area contributed by atoms with Crippen molar-refractivity contribution in [3.05, 3.63) is 99.0 Å². The summed E-state index contributed by atoms with van der Waals surface area (Å²) in [5.74, 6) is -0.568. The number of hydrazone groups is 1. The number of carbonyl (C=O) groups excluding carboxylic acids is 1. The topological polar surface area (TPSA) is 78.8 Å². The molecule has 0 aliphatic rings. The summed E-state index contributed by atoms with van der Waals surface area (Å²) in [6.45, 7) is 1.40. The van der Waals surface area contributed by atoms with Gasteiger partial charge < -0.3 is 0 Å². The van der Waals surface area contributed by atoms with E-state index in [9.17, 15) is 13.2 Å². The molecular formula is C23H21BrClN3O3S. The zero-order chi connectivity index (χ0) is 23.1. The highest BCUT2D eigenvalue weighted by molar-refractivity contribution is 9.10. The van der Waals surface area contributed by atoms with Gasteiger partial charge in [-0.3, -0.25) is 4.79 Å². The Kier molecular flexibility index (Phi) is 8.20. The summed E-state index contributed by atoms with van der Waals surface area (Å²) >= 11 is 9.59. The molecule has 0 aliphatic carbocycles. The quantitative estimate of drug-likeness (QED) is 0.335. The fraction of sp³-hybridized carbons (Fsp3) is 0.130. The molecule has 0 atom stereocenters. The van der Waals surface area contributed by atoms with E-state index in [2.05, 4.69) is 26.5 Å². The van der Waals surface area contributed by atoms with Gasteiger partial charge in [0.05, 0.1) is 17.7 Å². The predicted molar refractivity (Wildman–Crippen MR) is 130 cm³/mol. The van der Waals surface area contributed by atoms with E-state index in [1.165, 1.54) is 18.3 Å². The molecule has 1 N–H and O–H groups in total. The summed E-state index contributed by atoms with van der Waals surface area (Å²) in [5, 5.41) is 4.35. The fourth-order valence-electron chi connectivity index (χ4n) is 2.82. The van der Waals surface area contributed by atoms with E-state index in [1.54, 1.807) is 36.4 Å². The minimum absolute atomic E-state index is 0.0558. The summed E-state index contributed by atoms with van der Waals surface area (Å²) in [6, 6.07) is 20.7. The normalized spacial score (nSPS) is 11.8. The molecule has 0 bridgehead atoms. The van der Waals surface area contributed by atoms with Crippen molar-refractivity contribution in [2.75, 3.05) is 6.54 Å². The molecule has 0 aromatic heterocycles. The smallest absolute Gasteiger partial charge is 0.255 e. The third kappa shape index (κ3) is 6.49. The number of amides is 1. The number of nitrogens with one attached hydrogen (secondary N) is 1. The first kappa shape index (κ1) is 24.1. The minimum Gasteiger partial charge on any atom is -0.272 e. The minimum atomic E-state index is -3.95.